The average Bonchev–Trinajstić information content (AvgIpc) is 2.37. The van der Waals surface area contributed by atoms with Gasteiger partial charge in [-0.1, -0.05) is 6.42 Å². The summed E-state index contributed by atoms with van der Waals surface area (Å²) in [5.74, 6) is 0. The Bertz CT molecular complexity index is 170. The first-order valence-electron chi connectivity index (χ1n) is 7.00. The van der Waals surface area contributed by atoms with Crippen molar-refractivity contribution < 1.29 is 4.74 Å². The Morgan fingerprint density at radius 2 is 1.47 bits per heavy atom. The molecule has 0 aromatic carbocycles. The van der Waals surface area contributed by atoms with Crippen LogP contribution in [0.2, 0.25) is 0 Å². The van der Waals surface area contributed by atoms with Crippen LogP contribution < -0.4 is 5.73 Å². The second kappa shape index (κ2) is 9.83. The van der Waals surface area contributed by atoms with Gasteiger partial charge in [0.1, 0.15) is 0 Å². The molecular formula is C13H29N3O. The number of nitrogens with zero attached hydrogens (tertiary/aromatic N) is 2. The summed E-state index contributed by atoms with van der Waals surface area (Å²) in [6.07, 6.45) is 4.93. The van der Waals surface area contributed by atoms with E-state index in [1.807, 2.05) is 0 Å². The van der Waals surface area contributed by atoms with Crippen LogP contribution in [0.1, 0.15) is 25.7 Å². The molecule has 0 unspecified atom stereocenters. The van der Waals surface area contributed by atoms with Crippen molar-refractivity contribution in [1.82, 2.24) is 9.80 Å². The summed E-state index contributed by atoms with van der Waals surface area (Å²) in [6, 6.07) is 0. The number of rotatable bonds is 9. The molecule has 0 atom stereocenters. The zero-order valence-corrected chi connectivity index (χ0v) is 11.4. The van der Waals surface area contributed by atoms with E-state index in [0.717, 1.165) is 19.6 Å². The SMILES string of the molecule is COCCCN1CCN(CCCCCN)CC1. The minimum absolute atomic E-state index is 0.841. The Balaban J connectivity index is 1.97. The van der Waals surface area contributed by atoms with E-state index in [1.54, 1.807) is 7.11 Å². The van der Waals surface area contributed by atoms with Crippen LogP contribution in [0, 0.1) is 0 Å². The van der Waals surface area contributed by atoms with Crippen molar-refractivity contribution in [2.45, 2.75) is 25.7 Å². The van der Waals surface area contributed by atoms with E-state index in [-0.39, 0.29) is 0 Å². The second-order valence-electron chi connectivity index (χ2n) is 4.88. The highest BCUT2D eigenvalue weighted by Crippen LogP contribution is 2.05. The second-order valence-corrected chi connectivity index (χ2v) is 4.88. The van der Waals surface area contributed by atoms with Crippen molar-refractivity contribution >= 4 is 0 Å². The molecule has 0 spiro atoms. The van der Waals surface area contributed by atoms with Gasteiger partial charge in [0, 0.05) is 46.4 Å². The summed E-state index contributed by atoms with van der Waals surface area (Å²) >= 11 is 0. The number of ether oxygens (including phenoxy) is 1. The number of hydrogen-bond donors (Lipinski definition) is 1. The topological polar surface area (TPSA) is 41.7 Å². The molecule has 0 bridgehead atoms. The van der Waals surface area contributed by atoms with Crippen LogP contribution in [0.4, 0.5) is 0 Å². The number of nitrogens with two attached hydrogens (primary N) is 1. The fraction of sp³-hybridized carbons (Fsp3) is 1.00. The van der Waals surface area contributed by atoms with Crippen LogP contribution in [-0.4, -0.2) is 69.3 Å². The Morgan fingerprint density at radius 1 is 0.882 bits per heavy atom. The maximum absolute atomic E-state index is 5.49. The Labute approximate surface area is 106 Å². The first-order valence-corrected chi connectivity index (χ1v) is 7.00. The molecule has 2 N–H and O–H groups in total. The van der Waals surface area contributed by atoms with Gasteiger partial charge in [-0.3, -0.25) is 0 Å². The molecule has 4 nitrogen and oxygen atoms in total. The van der Waals surface area contributed by atoms with Gasteiger partial charge in [0.2, 0.25) is 0 Å². The molecule has 1 heterocycles. The first-order chi connectivity index (χ1) is 8.36. The lowest BCUT2D eigenvalue weighted by molar-refractivity contribution is 0.116. The number of methoxy groups -OCH3 is 1. The monoisotopic (exact) mass is 243 g/mol. The number of hydrogen-bond acceptors (Lipinski definition) is 4. The molecule has 1 saturated heterocycles. The van der Waals surface area contributed by atoms with Crippen LogP contribution in [0.3, 0.4) is 0 Å². The van der Waals surface area contributed by atoms with E-state index < -0.39 is 0 Å². The van der Waals surface area contributed by atoms with Crippen LogP contribution in [-0.2, 0) is 4.74 Å². The summed E-state index contributed by atoms with van der Waals surface area (Å²) in [4.78, 5) is 5.14. The average molecular weight is 243 g/mol. The quantitative estimate of drug-likeness (QED) is 0.607. The van der Waals surface area contributed by atoms with Gasteiger partial charge in [-0.15, -0.1) is 0 Å². The lowest BCUT2D eigenvalue weighted by Crippen LogP contribution is -2.46. The van der Waals surface area contributed by atoms with Crippen molar-refractivity contribution in [1.29, 1.82) is 0 Å². The zero-order chi connectivity index (χ0) is 12.3. The van der Waals surface area contributed by atoms with E-state index in [0.29, 0.717) is 0 Å². The van der Waals surface area contributed by atoms with Gasteiger partial charge in [-0.25, -0.2) is 0 Å². The standard InChI is InChI=1S/C13H29N3O/c1-17-13-5-8-16-11-9-15(10-12-16)7-4-2-3-6-14/h2-14H2,1H3. The largest absolute Gasteiger partial charge is 0.385 e. The third-order valence-electron chi connectivity index (χ3n) is 3.47. The minimum Gasteiger partial charge on any atom is -0.385 e. The van der Waals surface area contributed by atoms with Crippen molar-refractivity contribution in [2.75, 3.05) is 59.5 Å². The van der Waals surface area contributed by atoms with E-state index in [1.165, 1.54) is 58.5 Å². The molecule has 1 aliphatic rings. The summed E-state index contributed by atoms with van der Waals surface area (Å²) in [6.45, 7) is 9.08. The Kier molecular flexibility index (Phi) is 8.61. The van der Waals surface area contributed by atoms with Crippen molar-refractivity contribution in [3.05, 3.63) is 0 Å². The van der Waals surface area contributed by atoms with Gasteiger partial charge in [0.25, 0.3) is 0 Å². The molecule has 0 saturated carbocycles. The molecule has 0 amide bonds. The number of piperazine rings is 1. The van der Waals surface area contributed by atoms with Crippen molar-refractivity contribution in [3.8, 4) is 0 Å². The molecule has 0 aliphatic carbocycles. The van der Waals surface area contributed by atoms with E-state index in [9.17, 15) is 0 Å². The molecule has 1 rings (SSSR count). The van der Waals surface area contributed by atoms with Crippen LogP contribution in [0.5, 0.6) is 0 Å². The van der Waals surface area contributed by atoms with Crippen LogP contribution in [0.15, 0.2) is 0 Å². The summed E-state index contributed by atoms with van der Waals surface area (Å²) in [5, 5.41) is 0. The molecule has 0 aromatic heterocycles. The Hall–Kier alpha value is -0.160. The van der Waals surface area contributed by atoms with Crippen molar-refractivity contribution in [2.24, 2.45) is 5.73 Å². The minimum atomic E-state index is 0.841. The van der Waals surface area contributed by atoms with Gasteiger partial charge >= 0.3 is 0 Å². The first kappa shape index (κ1) is 14.9. The third kappa shape index (κ3) is 6.99. The zero-order valence-electron chi connectivity index (χ0n) is 11.4. The highest BCUT2D eigenvalue weighted by molar-refractivity contribution is 4.71. The summed E-state index contributed by atoms with van der Waals surface area (Å²) < 4.78 is 5.08. The maximum Gasteiger partial charge on any atom is 0.0474 e. The molecule has 102 valence electrons. The summed E-state index contributed by atoms with van der Waals surface area (Å²) in [7, 11) is 1.78. The van der Waals surface area contributed by atoms with Gasteiger partial charge in [-0.2, -0.15) is 0 Å². The van der Waals surface area contributed by atoms with E-state index >= 15 is 0 Å². The number of unbranched alkanes of at least 4 members (excludes halogenated alkanes) is 2. The summed E-state index contributed by atoms with van der Waals surface area (Å²) in [5.41, 5.74) is 5.49. The predicted octanol–water partition coefficient (Wildman–Crippen LogP) is 0.770. The highest BCUT2D eigenvalue weighted by Gasteiger charge is 2.15. The smallest absolute Gasteiger partial charge is 0.0474 e. The van der Waals surface area contributed by atoms with E-state index in [2.05, 4.69) is 9.80 Å². The van der Waals surface area contributed by atoms with Crippen LogP contribution >= 0.6 is 0 Å². The molecule has 0 radical (unpaired) electrons. The normalized spacial score (nSPS) is 18.7. The van der Waals surface area contributed by atoms with Crippen LogP contribution in [0.25, 0.3) is 0 Å². The van der Waals surface area contributed by atoms with Crippen molar-refractivity contribution in [3.63, 3.8) is 0 Å². The highest BCUT2D eigenvalue weighted by atomic mass is 16.5. The lowest BCUT2D eigenvalue weighted by Gasteiger charge is -2.34. The molecule has 0 aromatic rings. The molecule has 4 heteroatoms. The Morgan fingerprint density at radius 3 is 2.00 bits per heavy atom. The lowest BCUT2D eigenvalue weighted by atomic mass is 10.2. The molecule has 1 fully saturated rings. The van der Waals surface area contributed by atoms with Gasteiger partial charge in [-0.05, 0) is 32.4 Å². The molecule has 17 heavy (non-hydrogen) atoms. The van der Waals surface area contributed by atoms with E-state index in [4.69, 9.17) is 10.5 Å². The molecular weight excluding hydrogens is 214 g/mol. The maximum atomic E-state index is 5.49. The van der Waals surface area contributed by atoms with Gasteiger partial charge < -0.3 is 20.3 Å². The predicted molar refractivity (Wildman–Crippen MR) is 72.3 cm³/mol. The van der Waals surface area contributed by atoms with Gasteiger partial charge in [0.15, 0.2) is 0 Å². The van der Waals surface area contributed by atoms with Gasteiger partial charge in [0.05, 0.1) is 0 Å². The fourth-order valence-corrected chi connectivity index (χ4v) is 2.33. The fourth-order valence-electron chi connectivity index (χ4n) is 2.33. The molecule has 1 aliphatic heterocycles. The third-order valence-corrected chi connectivity index (χ3v) is 3.47.